The van der Waals surface area contributed by atoms with Crippen LogP contribution in [0.25, 0.3) is 0 Å². The number of aliphatic hydroxyl groups excluding tert-OH is 1. The Kier molecular flexibility index (Phi) is 7.39. The van der Waals surface area contributed by atoms with Crippen LogP contribution in [0.3, 0.4) is 0 Å². The highest BCUT2D eigenvalue weighted by Gasteiger charge is 2.41. The summed E-state index contributed by atoms with van der Waals surface area (Å²) in [6.45, 7) is 1.83. The third-order valence-electron chi connectivity index (χ3n) is 4.22. The van der Waals surface area contributed by atoms with Crippen molar-refractivity contribution in [3.05, 3.63) is 59.7 Å². The molecule has 2 aromatic carbocycles. The smallest absolute Gasteiger partial charge is 0.360 e. The van der Waals surface area contributed by atoms with E-state index >= 15 is 0 Å². The van der Waals surface area contributed by atoms with Crippen LogP contribution in [-0.2, 0) is 23.6 Å². The largest absolute Gasteiger partial charge is 0.497 e. The minimum absolute atomic E-state index is 0.00785. The molecule has 0 saturated heterocycles. The first-order chi connectivity index (χ1) is 13.2. The van der Waals surface area contributed by atoms with E-state index in [-0.39, 0.29) is 4.90 Å². The van der Waals surface area contributed by atoms with Crippen molar-refractivity contribution < 1.29 is 31.9 Å². The molecule has 0 saturated carbocycles. The van der Waals surface area contributed by atoms with Gasteiger partial charge in [0, 0.05) is 14.2 Å². The zero-order chi connectivity index (χ0) is 20.9. The van der Waals surface area contributed by atoms with Gasteiger partial charge in [-0.15, -0.1) is 0 Å². The van der Waals surface area contributed by atoms with Crippen LogP contribution in [-0.4, -0.2) is 40.7 Å². The topological polar surface area (TPSA) is 111 Å². The molecule has 0 heterocycles. The van der Waals surface area contributed by atoms with Crippen LogP contribution in [0.15, 0.2) is 53.4 Å². The number of sulfonamides is 1. The lowest BCUT2D eigenvalue weighted by molar-refractivity contribution is 0.150. The van der Waals surface area contributed by atoms with Crippen molar-refractivity contribution >= 4 is 17.6 Å². The molecule has 0 fully saturated rings. The third kappa shape index (κ3) is 5.00. The highest BCUT2D eigenvalue weighted by molar-refractivity contribution is 7.89. The van der Waals surface area contributed by atoms with Crippen LogP contribution < -0.4 is 9.46 Å². The molecule has 0 aliphatic rings. The lowest BCUT2D eigenvalue weighted by Gasteiger charge is -2.28. The van der Waals surface area contributed by atoms with Crippen molar-refractivity contribution in [2.24, 2.45) is 0 Å². The predicted octanol–water partition coefficient (Wildman–Crippen LogP) is 2.83. The molecular formula is C18H24NO7PS. The second-order valence-electron chi connectivity index (χ2n) is 6.00. The Hall–Kier alpha value is -1.74. The van der Waals surface area contributed by atoms with Crippen molar-refractivity contribution in [3.63, 3.8) is 0 Å². The predicted molar refractivity (Wildman–Crippen MR) is 105 cm³/mol. The maximum atomic E-state index is 12.8. The third-order valence-corrected chi connectivity index (χ3v) is 7.64. The Morgan fingerprint density at radius 3 is 1.96 bits per heavy atom. The van der Waals surface area contributed by atoms with Crippen LogP contribution in [0.5, 0.6) is 5.75 Å². The maximum Gasteiger partial charge on any atom is 0.360 e. The Morgan fingerprint density at radius 2 is 1.50 bits per heavy atom. The zero-order valence-electron chi connectivity index (χ0n) is 16.0. The number of methoxy groups -OCH3 is 1. The molecule has 0 amide bonds. The number of rotatable bonds is 9. The van der Waals surface area contributed by atoms with Gasteiger partial charge in [0.2, 0.25) is 10.0 Å². The first-order valence-corrected chi connectivity index (χ1v) is 11.4. The first-order valence-electron chi connectivity index (χ1n) is 8.29. The van der Waals surface area contributed by atoms with Gasteiger partial charge in [0.05, 0.1) is 18.0 Å². The number of aryl methyl sites for hydroxylation is 1. The molecule has 2 atom stereocenters. The Labute approximate surface area is 165 Å². The van der Waals surface area contributed by atoms with Crippen LogP contribution in [0.1, 0.15) is 17.2 Å². The average molecular weight is 429 g/mol. The van der Waals surface area contributed by atoms with Gasteiger partial charge in [-0.25, -0.2) is 13.1 Å². The summed E-state index contributed by atoms with van der Waals surface area (Å²) in [7, 11) is -4.31. The molecule has 0 aliphatic carbocycles. The molecule has 10 heteroatoms. The van der Waals surface area contributed by atoms with E-state index in [1.54, 1.807) is 36.4 Å². The normalized spacial score (nSPS) is 14.5. The number of nitrogens with one attached hydrogen (secondary N) is 1. The molecular weight excluding hydrogens is 405 g/mol. The van der Waals surface area contributed by atoms with Gasteiger partial charge in [-0.1, -0.05) is 29.8 Å². The monoisotopic (exact) mass is 429 g/mol. The van der Waals surface area contributed by atoms with Crippen molar-refractivity contribution in [3.8, 4) is 5.75 Å². The number of hydrogen-bond donors (Lipinski definition) is 2. The molecule has 2 aromatic rings. The Morgan fingerprint density at radius 1 is 0.964 bits per heavy atom. The van der Waals surface area contributed by atoms with Crippen LogP contribution in [0.4, 0.5) is 0 Å². The Bertz CT molecular complexity index is 921. The van der Waals surface area contributed by atoms with Gasteiger partial charge in [0.25, 0.3) is 0 Å². The molecule has 0 spiro atoms. The maximum absolute atomic E-state index is 12.8. The zero-order valence-corrected chi connectivity index (χ0v) is 17.7. The molecule has 0 bridgehead atoms. The second-order valence-corrected chi connectivity index (χ2v) is 10.1. The van der Waals surface area contributed by atoms with E-state index in [1.807, 2.05) is 6.92 Å². The van der Waals surface area contributed by atoms with Gasteiger partial charge >= 0.3 is 7.60 Å². The van der Waals surface area contributed by atoms with Crippen molar-refractivity contribution in [1.82, 2.24) is 4.72 Å². The average Bonchev–Trinajstić information content (AvgIpc) is 2.71. The summed E-state index contributed by atoms with van der Waals surface area (Å²) in [6, 6.07) is 11.2. The molecule has 2 rings (SSSR count). The van der Waals surface area contributed by atoms with E-state index < -0.39 is 29.5 Å². The van der Waals surface area contributed by atoms with Crippen LogP contribution >= 0.6 is 7.60 Å². The van der Waals surface area contributed by atoms with Crippen molar-refractivity contribution in [2.75, 3.05) is 21.3 Å². The lowest BCUT2D eigenvalue weighted by Crippen LogP contribution is -2.36. The highest BCUT2D eigenvalue weighted by Crippen LogP contribution is 2.54. The number of aliphatic hydroxyl groups is 1. The summed E-state index contributed by atoms with van der Waals surface area (Å²) in [5, 5.41) is 10.7. The van der Waals surface area contributed by atoms with Gasteiger partial charge in [0.15, 0.2) is 5.85 Å². The quantitative estimate of drug-likeness (QED) is 0.590. The van der Waals surface area contributed by atoms with E-state index in [4.69, 9.17) is 13.8 Å². The van der Waals surface area contributed by atoms with E-state index in [0.29, 0.717) is 11.3 Å². The fraction of sp³-hybridized carbons (Fsp3) is 0.333. The summed E-state index contributed by atoms with van der Waals surface area (Å²) in [6.07, 6.45) is 0. The number of hydrogen-bond acceptors (Lipinski definition) is 7. The van der Waals surface area contributed by atoms with Crippen LogP contribution in [0.2, 0.25) is 0 Å². The first kappa shape index (κ1) is 22.5. The SMILES string of the molecule is COc1ccc([C@H](NS(=O)(=O)c2ccc(C)cc2)[C@@H](O)P(=O)(OC)OC)cc1. The fourth-order valence-electron chi connectivity index (χ4n) is 2.54. The summed E-state index contributed by atoms with van der Waals surface area (Å²) in [4.78, 5) is 0.00785. The standard InChI is InChI=1S/C18H24NO7PS/c1-13-5-11-16(12-6-13)28(22,23)19-17(18(20)27(21,25-3)26-4)14-7-9-15(24-2)10-8-14/h5-12,17-20H,1-4H3/t17-,18-/m0/s1. The molecule has 0 aromatic heterocycles. The van der Waals surface area contributed by atoms with E-state index in [0.717, 1.165) is 19.8 Å². The van der Waals surface area contributed by atoms with Crippen molar-refractivity contribution in [1.29, 1.82) is 0 Å². The fourth-order valence-corrected chi connectivity index (χ4v) is 5.06. The lowest BCUT2D eigenvalue weighted by atomic mass is 10.1. The van der Waals surface area contributed by atoms with E-state index in [9.17, 15) is 18.1 Å². The minimum atomic E-state index is -4.04. The molecule has 0 aliphatic heterocycles. The molecule has 28 heavy (non-hydrogen) atoms. The highest BCUT2D eigenvalue weighted by atomic mass is 32.2. The Balaban J connectivity index is 2.47. The van der Waals surface area contributed by atoms with Gasteiger partial charge in [-0.2, -0.15) is 0 Å². The minimum Gasteiger partial charge on any atom is -0.497 e. The molecule has 2 N–H and O–H groups in total. The van der Waals surface area contributed by atoms with Gasteiger partial charge in [0.1, 0.15) is 5.75 Å². The summed E-state index contributed by atoms with van der Waals surface area (Å²) >= 11 is 0. The van der Waals surface area contributed by atoms with E-state index in [1.165, 1.54) is 19.2 Å². The van der Waals surface area contributed by atoms with Crippen molar-refractivity contribution in [2.45, 2.75) is 23.7 Å². The summed E-state index contributed by atoms with van der Waals surface area (Å²) in [5.74, 6) is -1.24. The molecule has 8 nitrogen and oxygen atoms in total. The summed E-state index contributed by atoms with van der Waals surface area (Å²) < 4.78 is 55.6. The number of ether oxygens (including phenoxy) is 1. The van der Waals surface area contributed by atoms with Gasteiger partial charge in [-0.3, -0.25) is 4.57 Å². The van der Waals surface area contributed by atoms with Crippen LogP contribution in [0, 0.1) is 6.92 Å². The molecule has 0 unspecified atom stereocenters. The second kappa shape index (κ2) is 9.17. The van der Waals surface area contributed by atoms with Gasteiger partial charge in [-0.05, 0) is 36.8 Å². The number of benzene rings is 2. The summed E-state index contributed by atoms with van der Waals surface area (Å²) in [5.41, 5.74) is 1.26. The molecule has 154 valence electrons. The molecule has 0 radical (unpaired) electrons. The van der Waals surface area contributed by atoms with Gasteiger partial charge < -0.3 is 18.9 Å². The van der Waals surface area contributed by atoms with E-state index in [2.05, 4.69) is 4.72 Å².